The molecule has 1 heterocycles. The summed E-state index contributed by atoms with van der Waals surface area (Å²) < 4.78 is 0. The first kappa shape index (κ1) is 18.5. The molecule has 1 unspecified atom stereocenters. The zero-order valence-corrected chi connectivity index (χ0v) is 14.1. The zero-order chi connectivity index (χ0) is 14.2. The van der Waals surface area contributed by atoms with Crippen molar-refractivity contribution in [3.05, 3.63) is 11.6 Å². The van der Waals surface area contributed by atoms with Gasteiger partial charge in [-0.15, -0.1) is 12.4 Å². The molecule has 0 saturated heterocycles. The van der Waals surface area contributed by atoms with Crippen molar-refractivity contribution in [2.75, 3.05) is 19.6 Å². The molecule has 0 aromatic carbocycles. The van der Waals surface area contributed by atoms with Crippen molar-refractivity contribution in [3.8, 4) is 0 Å². The quantitative estimate of drug-likeness (QED) is 0.707. The van der Waals surface area contributed by atoms with E-state index in [0.29, 0.717) is 0 Å². The molecule has 1 aliphatic heterocycles. The molecule has 4 heteroatoms. The highest BCUT2D eigenvalue weighted by Crippen LogP contribution is 2.31. The third-order valence-corrected chi connectivity index (χ3v) is 4.75. The molecule has 2 N–H and O–H groups in total. The molecule has 0 spiro atoms. The van der Waals surface area contributed by atoms with Gasteiger partial charge in [0.05, 0.1) is 0 Å². The molecule has 0 bridgehead atoms. The lowest BCUT2D eigenvalue weighted by molar-refractivity contribution is -0.125. The molecule has 1 saturated carbocycles. The lowest BCUT2D eigenvalue weighted by Gasteiger charge is -2.21. The fraction of sp³-hybridized carbons (Fsp3) is 0.824. The van der Waals surface area contributed by atoms with Crippen molar-refractivity contribution >= 4 is 18.3 Å². The number of carbonyl (C=O) groups is 1. The highest BCUT2D eigenvalue weighted by atomic mass is 35.5. The monoisotopic (exact) mass is 314 g/mol. The Morgan fingerprint density at radius 2 is 2.19 bits per heavy atom. The summed E-state index contributed by atoms with van der Waals surface area (Å²) in [5.74, 6) is 1.33. The maximum absolute atomic E-state index is 12.4. The minimum atomic E-state index is 0. The predicted molar refractivity (Wildman–Crippen MR) is 90.8 cm³/mol. The van der Waals surface area contributed by atoms with E-state index in [1.807, 2.05) is 0 Å². The summed E-state index contributed by atoms with van der Waals surface area (Å²) >= 11 is 0. The SMILES string of the molecule is CCCC(CC1CCCC1)C(=O)NCC1=CCNCC1.Cl. The van der Waals surface area contributed by atoms with Gasteiger partial charge in [0.25, 0.3) is 0 Å². The van der Waals surface area contributed by atoms with Crippen LogP contribution in [0.25, 0.3) is 0 Å². The van der Waals surface area contributed by atoms with Gasteiger partial charge in [0.1, 0.15) is 0 Å². The number of rotatable bonds is 7. The number of amides is 1. The first-order valence-corrected chi connectivity index (χ1v) is 8.46. The van der Waals surface area contributed by atoms with Crippen LogP contribution in [-0.4, -0.2) is 25.5 Å². The Morgan fingerprint density at radius 3 is 2.81 bits per heavy atom. The molecule has 1 aliphatic carbocycles. The smallest absolute Gasteiger partial charge is 0.223 e. The summed E-state index contributed by atoms with van der Waals surface area (Å²) in [6.45, 7) is 4.93. The van der Waals surface area contributed by atoms with E-state index in [1.54, 1.807) is 0 Å². The number of hydrogen-bond acceptors (Lipinski definition) is 2. The van der Waals surface area contributed by atoms with Crippen LogP contribution < -0.4 is 10.6 Å². The van der Waals surface area contributed by atoms with E-state index in [4.69, 9.17) is 0 Å². The fourth-order valence-corrected chi connectivity index (χ4v) is 3.53. The van der Waals surface area contributed by atoms with E-state index in [1.165, 1.54) is 31.3 Å². The van der Waals surface area contributed by atoms with Crippen LogP contribution in [0.4, 0.5) is 0 Å². The third-order valence-electron chi connectivity index (χ3n) is 4.75. The lowest BCUT2D eigenvalue weighted by Crippen LogP contribution is -2.34. The topological polar surface area (TPSA) is 41.1 Å². The van der Waals surface area contributed by atoms with Gasteiger partial charge in [-0.3, -0.25) is 4.79 Å². The summed E-state index contributed by atoms with van der Waals surface area (Å²) in [6.07, 6.45) is 12.0. The first-order valence-electron chi connectivity index (χ1n) is 8.46. The molecule has 0 aromatic rings. The highest BCUT2D eigenvalue weighted by molar-refractivity contribution is 5.85. The van der Waals surface area contributed by atoms with Gasteiger partial charge in [0.2, 0.25) is 5.91 Å². The Kier molecular flexibility index (Phi) is 9.02. The molecule has 1 amide bonds. The fourth-order valence-electron chi connectivity index (χ4n) is 3.53. The van der Waals surface area contributed by atoms with Gasteiger partial charge in [0, 0.05) is 19.0 Å². The summed E-state index contributed by atoms with van der Waals surface area (Å²) in [7, 11) is 0. The van der Waals surface area contributed by atoms with E-state index in [9.17, 15) is 4.79 Å². The maximum atomic E-state index is 12.4. The van der Waals surface area contributed by atoms with Crippen LogP contribution >= 0.6 is 12.4 Å². The van der Waals surface area contributed by atoms with E-state index in [2.05, 4.69) is 23.6 Å². The number of nitrogens with one attached hydrogen (secondary N) is 2. The van der Waals surface area contributed by atoms with E-state index >= 15 is 0 Å². The number of hydrogen-bond donors (Lipinski definition) is 2. The van der Waals surface area contributed by atoms with Crippen LogP contribution in [0, 0.1) is 11.8 Å². The van der Waals surface area contributed by atoms with Crippen molar-refractivity contribution in [2.45, 2.75) is 58.3 Å². The molecule has 1 atom stereocenters. The molecule has 2 rings (SSSR count). The minimum Gasteiger partial charge on any atom is -0.352 e. The molecule has 0 radical (unpaired) electrons. The lowest BCUT2D eigenvalue weighted by atomic mass is 9.89. The van der Waals surface area contributed by atoms with Gasteiger partial charge in [-0.1, -0.05) is 50.7 Å². The molecule has 0 aromatic heterocycles. The second-order valence-electron chi connectivity index (χ2n) is 6.41. The van der Waals surface area contributed by atoms with Crippen LogP contribution in [0.1, 0.15) is 58.3 Å². The normalized spacial score (nSPS) is 20.5. The molecular weight excluding hydrogens is 284 g/mol. The summed E-state index contributed by atoms with van der Waals surface area (Å²) in [6, 6.07) is 0. The second-order valence-corrected chi connectivity index (χ2v) is 6.41. The Labute approximate surface area is 135 Å². The van der Waals surface area contributed by atoms with Crippen molar-refractivity contribution in [1.29, 1.82) is 0 Å². The molecule has 1 fully saturated rings. The van der Waals surface area contributed by atoms with E-state index in [-0.39, 0.29) is 24.2 Å². The van der Waals surface area contributed by atoms with Crippen molar-refractivity contribution in [3.63, 3.8) is 0 Å². The summed E-state index contributed by atoms with van der Waals surface area (Å²) in [4.78, 5) is 12.4. The van der Waals surface area contributed by atoms with E-state index < -0.39 is 0 Å². The van der Waals surface area contributed by atoms with Gasteiger partial charge < -0.3 is 10.6 Å². The Hall–Kier alpha value is -0.540. The van der Waals surface area contributed by atoms with Gasteiger partial charge >= 0.3 is 0 Å². The molecular formula is C17H31ClN2O. The second kappa shape index (κ2) is 10.2. The van der Waals surface area contributed by atoms with E-state index in [0.717, 1.165) is 51.2 Å². The largest absolute Gasteiger partial charge is 0.352 e. The minimum absolute atomic E-state index is 0. The standard InChI is InChI=1S/C17H30N2O.ClH/c1-2-5-16(12-14-6-3-4-7-14)17(20)19-13-15-8-10-18-11-9-15;/h8,14,16,18H,2-7,9-13H2,1H3,(H,19,20);1H. The average molecular weight is 315 g/mol. The van der Waals surface area contributed by atoms with Gasteiger partial charge in [-0.25, -0.2) is 0 Å². The number of carbonyl (C=O) groups excluding carboxylic acids is 1. The first-order chi connectivity index (χ1) is 9.79. The maximum Gasteiger partial charge on any atom is 0.223 e. The van der Waals surface area contributed by atoms with Crippen LogP contribution in [0.15, 0.2) is 11.6 Å². The highest BCUT2D eigenvalue weighted by Gasteiger charge is 2.24. The molecule has 2 aliphatic rings. The third kappa shape index (κ3) is 6.39. The van der Waals surface area contributed by atoms with Gasteiger partial charge in [0.15, 0.2) is 0 Å². The van der Waals surface area contributed by atoms with Crippen LogP contribution in [0.5, 0.6) is 0 Å². The van der Waals surface area contributed by atoms with Crippen LogP contribution in [0.3, 0.4) is 0 Å². The Morgan fingerprint density at radius 1 is 1.43 bits per heavy atom. The molecule has 122 valence electrons. The zero-order valence-electron chi connectivity index (χ0n) is 13.3. The summed E-state index contributed by atoms with van der Waals surface area (Å²) in [5.41, 5.74) is 1.38. The van der Waals surface area contributed by atoms with Crippen LogP contribution in [-0.2, 0) is 4.79 Å². The molecule has 21 heavy (non-hydrogen) atoms. The predicted octanol–water partition coefficient (Wildman–Crippen LogP) is 3.44. The number of halogens is 1. The van der Waals surface area contributed by atoms with Crippen molar-refractivity contribution < 1.29 is 4.79 Å². The Bertz CT molecular complexity index is 338. The molecule has 3 nitrogen and oxygen atoms in total. The average Bonchev–Trinajstić information content (AvgIpc) is 2.98. The Balaban J connectivity index is 0.00000220. The van der Waals surface area contributed by atoms with Crippen molar-refractivity contribution in [1.82, 2.24) is 10.6 Å². The van der Waals surface area contributed by atoms with Crippen LogP contribution in [0.2, 0.25) is 0 Å². The van der Waals surface area contributed by atoms with Gasteiger partial charge in [-0.2, -0.15) is 0 Å². The summed E-state index contributed by atoms with van der Waals surface area (Å²) in [5, 5.41) is 6.48. The van der Waals surface area contributed by atoms with Crippen molar-refractivity contribution in [2.24, 2.45) is 11.8 Å². The van der Waals surface area contributed by atoms with Gasteiger partial charge in [-0.05, 0) is 31.7 Å².